The lowest BCUT2D eigenvalue weighted by molar-refractivity contribution is -0.121. The molecule has 6 nitrogen and oxygen atoms in total. The summed E-state index contributed by atoms with van der Waals surface area (Å²) in [7, 11) is 1.61. The lowest BCUT2D eigenvalue weighted by Crippen LogP contribution is -2.23. The van der Waals surface area contributed by atoms with Crippen LogP contribution in [0.5, 0.6) is 0 Å². The first-order valence-corrected chi connectivity index (χ1v) is 10.5. The van der Waals surface area contributed by atoms with Gasteiger partial charge in [-0.15, -0.1) is 0 Å². The second kappa shape index (κ2) is 8.63. The van der Waals surface area contributed by atoms with E-state index in [9.17, 15) is 9.59 Å². The number of amidine groups is 1. The Labute approximate surface area is 191 Å². The van der Waals surface area contributed by atoms with Crippen LogP contribution in [-0.2, 0) is 4.79 Å². The van der Waals surface area contributed by atoms with Crippen molar-refractivity contribution in [2.24, 2.45) is 4.99 Å². The quantitative estimate of drug-likeness (QED) is 0.457. The largest absolute Gasteiger partial charge is 0.478 e. The number of nitrogens with zero attached hydrogens (tertiary/aromatic N) is 2. The van der Waals surface area contributed by atoms with Gasteiger partial charge in [-0.1, -0.05) is 35.3 Å². The Hall–Kier alpha value is -3.00. The highest BCUT2D eigenvalue weighted by Crippen LogP contribution is 2.37. The summed E-state index contributed by atoms with van der Waals surface area (Å²) in [5.41, 5.74) is 1.22. The first kappa shape index (κ1) is 21.2. The maximum atomic E-state index is 12.6. The lowest BCUT2D eigenvalue weighted by atomic mass is 10.2. The van der Waals surface area contributed by atoms with Gasteiger partial charge in [0.2, 0.25) is 0 Å². The second-order valence-electron chi connectivity index (χ2n) is 6.53. The van der Waals surface area contributed by atoms with E-state index >= 15 is 0 Å². The van der Waals surface area contributed by atoms with Gasteiger partial charge in [-0.2, -0.15) is 0 Å². The summed E-state index contributed by atoms with van der Waals surface area (Å²) in [6.45, 7) is 0. The summed E-state index contributed by atoms with van der Waals surface area (Å²) in [5, 5.41) is 10.4. The number of benzene rings is 2. The molecule has 0 bridgehead atoms. The molecule has 0 radical (unpaired) electrons. The van der Waals surface area contributed by atoms with Gasteiger partial charge in [0.1, 0.15) is 11.5 Å². The molecule has 0 unspecified atom stereocenters. The molecular weight excluding hydrogens is 459 g/mol. The number of hydrogen-bond acceptors (Lipinski definition) is 5. The van der Waals surface area contributed by atoms with E-state index < -0.39 is 5.97 Å². The molecule has 1 fully saturated rings. The van der Waals surface area contributed by atoms with E-state index in [0.29, 0.717) is 42.9 Å². The molecule has 9 heteroatoms. The van der Waals surface area contributed by atoms with Crippen LogP contribution in [0.1, 0.15) is 16.1 Å². The van der Waals surface area contributed by atoms with Crippen molar-refractivity contribution in [2.75, 3.05) is 7.05 Å². The minimum Gasteiger partial charge on any atom is -0.478 e. The minimum atomic E-state index is -1.04. The first-order valence-electron chi connectivity index (χ1n) is 8.97. The topological polar surface area (TPSA) is 83.1 Å². The Bertz CT molecular complexity index is 1270. The van der Waals surface area contributed by atoms with Crippen LogP contribution in [0.4, 0.5) is 5.69 Å². The van der Waals surface area contributed by atoms with Crippen LogP contribution in [0.3, 0.4) is 0 Å². The molecule has 0 atom stereocenters. The molecule has 0 saturated carbocycles. The Kier molecular flexibility index (Phi) is 5.91. The van der Waals surface area contributed by atoms with Gasteiger partial charge >= 0.3 is 5.97 Å². The fourth-order valence-corrected chi connectivity index (χ4v) is 4.23. The summed E-state index contributed by atoms with van der Waals surface area (Å²) in [4.78, 5) is 30.0. The molecule has 156 valence electrons. The molecule has 1 saturated heterocycles. The summed E-state index contributed by atoms with van der Waals surface area (Å²) < 4.78 is 5.84. The van der Waals surface area contributed by atoms with E-state index in [2.05, 4.69) is 4.99 Å². The highest BCUT2D eigenvalue weighted by atomic mass is 35.5. The number of carboxylic acid groups (broad SMARTS) is 1. The average molecular weight is 473 g/mol. The molecule has 3 aromatic rings. The SMILES string of the molecule is CN1C(=O)/C(=C/c2ccc(-c3cccc(Cl)c3Cl)o2)SC1=Nc1cccc(C(=O)O)c1. The van der Waals surface area contributed by atoms with E-state index in [1.54, 1.807) is 55.6 Å². The van der Waals surface area contributed by atoms with Crippen molar-refractivity contribution in [1.82, 2.24) is 4.90 Å². The molecule has 2 heterocycles. The third-order valence-corrected chi connectivity index (χ3v) is 6.32. The van der Waals surface area contributed by atoms with Crippen LogP contribution < -0.4 is 0 Å². The van der Waals surface area contributed by atoms with Crippen molar-refractivity contribution < 1.29 is 19.1 Å². The molecule has 1 aliphatic heterocycles. The minimum absolute atomic E-state index is 0.123. The molecule has 1 amide bonds. The van der Waals surface area contributed by atoms with Gasteiger partial charge in [-0.3, -0.25) is 9.69 Å². The molecule has 0 spiro atoms. The zero-order chi connectivity index (χ0) is 22.1. The molecule has 1 aromatic heterocycles. The van der Waals surface area contributed by atoms with Crippen LogP contribution >= 0.6 is 35.0 Å². The number of amides is 1. The molecule has 1 N–H and O–H groups in total. The Morgan fingerprint density at radius 3 is 2.71 bits per heavy atom. The number of carbonyl (C=O) groups excluding carboxylic acids is 1. The third kappa shape index (κ3) is 4.39. The van der Waals surface area contributed by atoms with Crippen molar-refractivity contribution in [3.05, 3.63) is 80.9 Å². The molecular formula is C22H14Cl2N2O4S. The number of thioether (sulfide) groups is 1. The van der Waals surface area contributed by atoms with Gasteiger partial charge < -0.3 is 9.52 Å². The maximum absolute atomic E-state index is 12.6. The second-order valence-corrected chi connectivity index (χ2v) is 8.32. The smallest absolute Gasteiger partial charge is 0.335 e. The Balaban J connectivity index is 1.61. The zero-order valence-electron chi connectivity index (χ0n) is 16.0. The number of likely N-dealkylation sites (N-methyl/N-ethyl adjacent to an activating group) is 1. The van der Waals surface area contributed by atoms with Crippen LogP contribution in [0, 0.1) is 0 Å². The van der Waals surface area contributed by atoms with Crippen LogP contribution in [0.2, 0.25) is 10.0 Å². The fraction of sp³-hybridized carbons (Fsp3) is 0.0455. The lowest BCUT2D eigenvalue weighted by Gasteiger charge is -2.07. The van der Waals surface area contributed by atoms with E-state index in [1.807, 2.05) is 0 Å². The van der Waals surface area contributed by atoms with Crippen LogP contribution in [-0.4, -0.2) is 34.1 Å². The van der Waals surface area contributed by atoms with Crippen molar-refractivity contribution in [3.63, 3.8) is 0 Å². The van der Waals surface area contributed by atoms with E-state index in [0.717, 1.165) is 0 Å². The fourth-order valence-electron chi connectivity index (χ4n) is 2.87. The van der Waals surface area contributed by atoms with Gasteiger partial charge in [-0.05, 0) is 54.2 Å². The first-order chi connectivity index (χ1) is 14.8. The summed E-state index contributed by atoms with van der Waals surface area (Å²) in [6, 6.07) is 15.0. The van der Waals surface area contributed by atoms with Gasteiger partial charge in [0.15, 0.2) is 5.17 Å². The number of furan rings is 1. The predicted molar refractivity (Wildman–Crippen MR) is 123 cm³/mol. The van der Waals surface area contributed by atoms with Crippen molar-refractivity contribution >= 4 is 63.8 Å². The summed E-state index contributed by atoms with van der Waals surface area (Å²) in [5.74, 6) is -0.275. The molecule has 2 aromatic carbocycles. The number of aromatic carboxylic acids is 1. The number of rotatable bonds is 4. The standard InChI is InChI=1S/C22H14Cl2N2O4S/c1-26-20(27)18(31-22(26)25-13-5-2-4-12(10-13)21(28)29)11-14-8-9-17(30-14)15-6-3-7-16(23)19(15)24/h2-11H,1H3,(H,28,29)/b18-11-,25-22?. The zero-order valence-corrected chi connectivity index (χ0v) is 18.3. The number of carboxylic acids is 1. The average Bonchev–Trinajstić information content (AvgIpc) is 3.31. The highest BCUT2D eigenvalue weighted by Gasteiger charge is 2.30. The van der Waals surface area contributed by atoms with Gasteiger partial charge in [0, 0.05) is 18.7 Å². The van der Waals surface area contributed by atoms with Crippen molar-refractivity contribution in [2.45, 2.75) is 0 Å². The van der Waals surface area contributed by atoms with E-state index in [4.69, 9.17) is 32.7 Å². The van der Waals surface area contributed by atoms with Crippen molar-refractivity contribution in [1.29, 1.82) is 0 Å². The molecule has 4 rings (SSSR count). The maximum Gasteiger partial charge on any atom is 0.335 e. The van der Waals surface area contributed by atoms with E-state index in [1.165, 1.54) is 28.8 Å². The van der Waals surface area contributed by atoms with Crippen molar-refractivity contribution in [3.8, 4) is 11.3 Å². The Morgan fingerprint density at radius 1 is 1.16 bits per heavy atom. The van der Waals surface area contributed by atoms with Crippen LogP contribution in [0.15, 0.2) is 68.9 Å². The molecule has 31 heavy (non-hydrogen) atoms. The number of aliphatic imine (C=N–C) groups is 1. The van der Waals surface area contributed by atoms with Gasteiger partial charge in [0.25, 0.3) is 5.91 Å². The number of hydrogen-bond donors (Lipinski definition) is 1. The van der Waals surface area contributed by atoms with E-state index in [-0.39, 0.29) is 11.5 Å². The van der Waals surface area contributed by atoms with Crippen LogP contribution in [0.25, 0.3) is 17.4 Å². The predicted octanol–water partition coefficient (Wildman–Crippen LogP) is 6.19. The summed E-state index contributed by atoms with van der Waals surface area (Å²) >= 11 is 13.5. The highest BCUT2D eigenvalue weighted by molar-refractivity contribution is 8.18. The van der Waals surface area contributed by atoms with Gasteiger partial charge in [0.05, 0.1) is 26.2 Å². The Morgan fingerprint density at radius 2 is 1.94 bits per heavy atom. The molecule has 0 aliphatic carbocycles. The number of halogens is 2. The normalized spacial score (nSPS) is 16.5. The monoisotopic (exact) mass is 472 g/mol. The molecule has 1 aliphatic rings. The van der Waals surface area contributed by atoms with Gasteiger partial charge in [-0.25, -0.2) is 9.79 Å². The summed E-state index contributed by atoms with van der Waals surface area (Å²) in [6.07, 6.45) is 1.63. The third-order valence-electron chi connectivity index (χ3n) is 4.44. The number of carbonyl (C=O) groups is 2.